The number of nitrogens with zero attached hydrogens (tertiary/aromatic N) is 4. The minimum absolute atomic E-state index is 0.0263. The van der Waals surface area contributed by atoms with Gasteiger partial charge in [-0.3, -0.25) is 10.1 Å². The number of nitro groups is 1. The van der Waals surface area contributed by atoms with Crippen molar-refractivity contribution in [2.24, 2.45) is 0 Å². The Morgan fingerprint density at radius 2 is 2.00 bits per heavy atom. The molecule has 1 saturated heterocycles. The van der Waals surface area contributed by atoms with E-state index in [0.717, 1.165) is 17.4 Å². The number of likely N-dealkylation sites (tertiary alicyclic amines) is 1. The number of aromatic nitrogens is 2. The van der Waals surface area contributed by atoms with E-state index in [0.29, 0.717) is 17.3 Å². The summed E-state index contributed by atoms with van der Waals surface area (Å²) < 4.78 is 6.56. The molecule has 1 atom stereocenters. The van der Waals surface area contributed by atoms with Crippen molar-refractivity contribution >= 4 is 34.0 Å². The molecule has 2 heterocycles. The van der Waals surface area contributed by atoms with Gasteiger partial charge in [-0.05, 0) is 31.9 Å². The summed E-state index contributed by atoms with van der Waals surface area (Å²) in [5.41, 5.74) is 0.678. The van der Waals surface area contributed by atoms with E-state index in [2.05, 4.69) is 15.1 Å². The zero-order valence-corrected chi connectivity index (χ0v) is 14.7. The van der Waals surface area contributed by atoms with Crippen molar-refractivity contribution in [3.8, 4) is 11.5 Å². The summed E-state index contributed by atoms with van der Waals surface area (Å²) in [5, 5.41) is 18.8. The van der Waals surface area contributed by atoms with Crippen LogP contribution in [0.1, 0.15) is 30.9 Å². The predicted octanol–water partition coefficient (Wildman–Crippen LogP) is 3.82. The molecule has 1 fully saturated rings. The molecule has 1 aliphatic heterocycles. The molecule has 9 heteroatoms. The van der Waals surface area contributed by atoms with Gasteiger partial charge in [0.1, 0.15) is 4.32 Å². The van der Waals surface area contributed by atoms with Gasteiger partial charge in [-0.25, -0.2) is 0 Å². The molecule has 0 saturated carbocycles. The molecule has 0 bridgehead atoms. The Morgan fingerprint density at radius 3 is 2.62 bits per heavy atom. The van der Waals surface area contributed by atoms with E-state index in [1.807, 2.05) is 6.92 Å². The molecule has 1 aliphatic rings. The van der Waals surface area contributed by atoms with Gasteiger partial charge < -0.3 is 9.32 Å². The van der Waals surface area contributed by atoms with Crippen LogP contribution in [0.25, 0.3) is 11.5 Å². The van der Waals surface area contributed by atoms with Crippen LogP contribution in [0.4, 0.5) is 5.69 Å². The Labute approximate surface area is 148 Å². The van der Waals surface area contributed by atoms with E-state index >= 15 is 0 Å². The van der Waals surface area contributed by atoms with Crippen LogP contribution in [0.3, 0.4) is 0 Å². The Hall–Kier alpha value is -2.00. The maximum absolute atomic E-state index is 10.7. The highest BCUT2D eigenvalue weighted by molar-refractivity contribution is 8.23. The Morgan fingerprint density at radius 1 is 1.33 bits per heavy atom. The number of thiocarbonyl (C=S) groups is 1. The van der Waals surface area contributed by atoms with Crippen molar-refractivity contribution in [2.45, 2.75) is 25.0 Å². The van der Waals surface area contributed by atoms with Gasteiger partial charge in [-0.2, -0.15) is 0 Å². The highest BCUT2D eigenvalue weighted by Gasteiger charge is 2.22. The SMILES string of the molecule is CC(SC(=S)N1CCCC1)c1nnc(-c2ccc([N+](=O)[O-])cc2)o1. The minimum Gasteiger partial charge on any atom is -0.419 e. The van der Waals surface area contributed by atoms with Crippen LogP contribution in [0, 0.1) is 10.1 Å². The molecule has 1 aromatic carbocycles. The fourth-order valence-corrected chi connectivity index (χ4v) is 3.86. The van der Waals surface area contributed by atoms with Crippen molar-refractivity contribution in [3.05, 3.63) is 40.3 Å². The van der Waals surface area contributed by atoms with Gasteiger partial charge in [0.25, 0.3) is 5.69 Å². The minimum atomic E-state index is -0.443. The average molecular weight is 364 g/mol. The topological polar surface area (TPSA) is 85.3 Å². The predicted molar refractivity (Wildman–Crippen MR) is 95.8 cm³/mol. The van der Waals surface area contributed by atoms with Crippen LogP contribution in [-0.2, 0) is 0 Å². The maximum atomic E-state index is 10.7. The zero-order chi connectivity index (χ0) is 17.1. The van der Waals surface area contributed by atoms with Crippen molar-refractivity contribution < 1.29 is 9.34 Å². The summed E-state index contributed by atoms with van der Waals surface area (Å²) >= 11 is 7.00. The van der Waals surface area contributed by atoms with Crippen LogP contribution < -0.4 is 0 Å². The van der Waals surface area contributed by atoms with E-state index in [1.165, 1.54) is 36.7 Å². The summed E-state index contributed by atoms with van der Waals surface area (Å²) in [6, 6.07) is 6.03. The van der Waals surface area contributed by atoms with E-state index in [4.69, 9.17) is 16.6 Å². The second-order valence-corrected chi connectivity index (χ2v) is 7.44. The molecular formula is C15H16N4O3S2. The van der Waals surface area contributed by atoms with Crippen LogP contribution in [0.5, 0.6) is 0 Å². The number of nitro benzene ring substituents is 1. The quantitative estimate of drug-likeness (QED) is 0.460. The van der Waals surface area contributed by atoms with Gasteiger partial charge in [-0.1, -0.05) is 24.0 Å². The first-order valence-corrected chi connectivity index (χ1v) is 8.87. The van der Waals surface area contributed by atoms with Crippen molar-refractivity contribution in [3.63, 3.8) is 0 Å². The maximum Gasteiger partial charge on any atom is 0.269 e. The highest BCUT2D eigenvalue weighted by atomic mass is 32.2. The highest BCUT2D eigenvalue weighted by Crippen LogP contribution is 2.32. The van der Waals surface area contributed by atoms with Gasteiger partial charge in [-0.15, -0.1) is 10.2 Å². The lowest BCUT2D eigenvalue weighted by Gasteiger charge is -2.19. The van der Waals surface area contributed by atoms with Crippen molar-refractivity contribution in [2.75, 3.05) is 13.1 Å². The first kappa shape index (κ1) is 16.8. The number of non-ortho nitro benzene ring substituents is 1. The molecule has 0 aliphatic carbocycles. The van der Waals surface area contributed by atoms with Gasteiger partial charge in [0.15, 0.2) is 0 Å². The Kier molecular flexibility index (Phi) is 5.10. The fourth-order valence-electron chi connectivity index (χ4n) is 2.42. The lowest BCUT2D eigenvalue weighted by Crippen LogP contribution is -2.23. The van der Waals surface area contributed by atoms with Crippen molar-refractivity contribution in [1.82, 2.24) is 15.1 Å². The molecule has 0 radical (unpaired) electrons. The zero-order valence-electron chi connectivity index (χ0n) is 13.0. The number of benzene rings is 1. The summed E-state index contributed by atoms with van der Waals surface area (Å²) in [6.45, 7) is 3.99. The van der Waals surface area contributed by atoms with Crippen LogP contribution in [0.15, 0.2) is 28.7 Å². The van der Waals surface area contributed by atoms with Gasteiger partial charge in [0.2, 0.25) is 11.8 Å². The number of hydrogen-bond donors (Lipinski definition) is 0. The van der Waals surface area contributed by atoms with Crippen LogP contribution in [0.2, 0.25) is 0 Å². The first-order chi connectivity index (χ1) is 11.5. The largest absolute Gasteiger partial charge is 0.419 e. The molecule has 3 rings (SSSR count). The van der Waals surface area contributed by atoms with E-state index in [-0.39, 0.29) is 10.9 Å². The molecule has 1 aromatic heterocycles. The van der Waals surface area contributed by atoms with E-state index in [9.17, 15) is 10.1 Å². The molecule has 7 nitrogen and oxygen atoms in total. The molecule has 0 N–H and O–H groups in total. The molecule has 1 unspecified atom stereocenters. The van der Waals surface area contributed by atoms with Gasteiger partial charge in [0, 0.05) is 30.8 Å². The summed E-state index contributed by atoms with van der Waals surface area (Å²) in [5.74, 6) is 0.842. The fraction of sp³-hybridized carbons (Fsp3) is 0.400. The number of thioether (sulfide) groups is 1. The molecule has 2 aromatic rings. The molecule has 0 spiro atoms. The number of rotatable bonds is 4. The third-order valence-electron chi connectivity index (χ3n) is 3.76. The van der Waals surface area contributed by atoms with Crippen LogP contribution >= 0.6 is 24.0 Å². The van der Waals surface area contributed by atoms with Crippen LogP contribution in [-0.4, -0.2) is 37.4 Å². The Bertz CT molecular complexity index is 741. The lowest BCUT2D eigenvalue weighted by atomic mass is 10.2. The third-order valence-corrected chi connectivity index (χ3v) is 5.32. The second kappa shape index (κ2) is 7.27. The normalized spacial score (nSPS) is 15.5. The average Bonchev–Trinajstić information content (AvgIpc) is 3.26. The molecular weight excluding hydrogens is 348 g/mol. The lowest BCUT2D eigenvalue weighted by molar-refractivity contribution is -0.384. The standard InChI is InChI=1S/C15H16N4O3S2/c1-10(24-15(23)18-8-2-3-9-18)13-16-17-14(22-13)11-4-6-12(7-5-11)19(20)21/h4-7,10H,2-3,8-9H2,1H3. The second-order valence-electron chi connectivity index (χ2n) is 5.47. The smallest absolute Gasteiger partial charge is 0.269 e. The molecule has 126 valence electrons. The van der Waals surface area contributed by atoms with Gasteiger partial charge in [0.05, 0.1) is 10.2 Å². The monoisotopic (exact) mass is 364 g/mol. The van der Waals surface area contributed by atoms with E-state index < -0.39 is 4.92 Å². The Balaban J connectivity index is 1.67. The van der Waals surface area contributed by atoms with E-state index in [1.54, 1.807) is 12.1 Å². The van der Waals surface area contributed by atoms with Crippen molar-refractivity contribution in [1.29, 1.82) is 0 Å². The summed E-state index contributed by atoms with van der Waals surface area (Å²) in [7, 11) is 0. The third kappa shape index (κ3) is 3.73. The summed E-state index contributed by atoms with van der Waals surface area (Å²) in [4.78, 5) is 12.4. The molecule has 0 amide bonds. The van der Waals surface area contributed by atoms with Gasteiger partial charge >= 0.3 is 0 Å². The first-order valence-electron chi connectivity index (χ1n) is 7.58. The summed E-state index contributed by atoms with van der Waals surface area (Å²) in [6.07, 6.45) is 2.36. The molecule has 24 heavy (non-hydrogen) atoms. The number of hydrogen-bond acceptors (Lipinski definition) is 7.